The lowest BCUT2D eigenvalue weighted by atomic mass is 9.99. The van der Waals surface area contributed by atoms with Crippen molar-refractivity contribution in [3.63, 3.8) is 0 Å². The number of rotatable bonds is 2. The molecule has 0 amide bonds. The average molecular weight is 290 g/mol. The topological polar surface area (TPSA) is 12.0 Å². The van der Waals surface area contributed by atoms with Gasteiger partial charge in [-0.05, 0) is 48.6 Å². The fourth-order valence-electron chi connectivity index (χ4n) is 2.86. The summed E-state index contributed by atoms with van der Waals surface area (Å²) in [6.07, 6.45) is 4.64. The summed E-state index contributed by atoms with van der Waals surface area (Å²) < 4.78 is 13.2. The van der Waals surface area contributed by atoms with Crippen molar-refractivity contribution in [2.45, 2.75) is 31.7 Å². The molecule has 1 aliphatic rings. The predicted molar refractivity (Wildman–Crippen MR) is 81.8 cm³/mol. The standard InChI is InChI=1S/C17H17ClFN/c18-15-11-13(9-10-16(15)19)20-17-8-4-2-6-12-5-1-3-7-14(12)17/h1,3,5,7,9-11,17,20H,2,4,6,8H2. The van der Waals surface area contributed by atoms with Crippen LogP contribution in [-0.4, -0.2) is 0 Å². The van der Waals surface area contributed by atoms with Gasteiger partial charge >= 0.3 is 0 Å². The number of benzene rings is 2. The number of hydrogen-bond acceptors (Lipinski definition) is 1. The Morgan fingerprint density at radius 2 is 1.95 bits per heavy atom. The highest BCUT2D eigenvalue weighted by molar-refractivity contribution is 6.31. The predicted octanol–water partition coefficient (Wildman–Crippen LogP) is 5.36. The van der Waals surface area contributed by atoms with E-state index in [2.05, 4.69) is 29.6 Å². The molecule has 20 heavy (non-hydrogen) atoms. The Morgan fingerprint density at radius 1 is 1.10 bits per heavy atom. The molecule has 0 aliphatic heterocycles. The van der Waals surface area contributed by atoms with Crippen molar-refractivity contribution in [1.82, 2.24) is 0 Å². The van der Waals surface area contributed by atoms with E-state index in [0.29, 0.717) is 0 Å². The first-order valence-electron chi connectivity index (χ1n) is 7.03. The monoisotopic (exact) mass is 289 g/mol. The molecule has 0 fully saturated rings. The molecule has 0 saturated heterocycles. The van der Waals surface area contributed by atoms with Crippen molar-refractivity contribution in [3.8, 4) is 0 Å². The summed E-state index contributed by atoms with van der Waals surface area (Å²) in [7, 11) is 0. The molecular formula is C17H17ClFN. The Balaban J connectivity index is 1.88. The van der Waals surface area contributed by atoms with E-state index in [0.717, 1.165) is 18.5 Å². The van der Waals surface area contributed by atoms with Crippen LogP contribution in [0.3, 0.4) is 0 Å². The van der Waals surface area contributed by atoms with Gasteiger partial charge in [0.15, 0.2) is 0 Å². The van der Waals surface area contributed by atoms with E-state index in [4.69, 9.17) is 11.6 Å². The maximum atomic E-state index is 13.2. The van der Waals surface area contributed by atoms with Gasteiger partial charge in [-0.2, -0.15) is 0 Å². The van der Waals surface area contributed by atoms with Crippen LogP contribution in [0.4, 0.5) is 10.1 Å². The minimum Gasteiger partial charge on any atom is -0.378 e. The average Bonchev–Trinajstić information content (AvgIpc) is 2.66. The van der Waals surface area contributed by atoms with Crippen LogP contribution in [0.5, 0.6) is 0 Å². The van der Waals surface area contributed by atoms with E-state index in [-0.39, 0.29) is 16.9 Å². The molecule has 1 N–H and O–H groups in total. The van der Waals surface area contributed by atoms with Crippen LogP contribution < -0.4 is 5.32 Å². The Labute approximate surface area is 123 Å². The molecule has 1 aliphatic carbocycles. The Kier molecular flexibility index (Phi) is 3.93. The van der Waals surface area contributed by atoms with E-state index >= 15 is 0 Å². The van der Waals surface area contributed by atoms with Crippen LogP contribution in [0.1, 0.15) is 36.4 Å². The molecule has 1 atom stereocenters. The van der Waals surface area contributed by atoms with Gasteiger partial charge < -0.3 is 5.32 Å². The van der Waals surface area contributed by atoms with Gasteiger partial charge in [0.05, 0.1) is 11.1 Å². The smallest absolute Gasteiger partial charge is 0.141 e. The molecule has 0 heterocycles. The molecule has 0 bridgehead atoms. The fourth-order valence-corrected chi connectivity index (χ4v) is 3.04. The Morgan fingerprint density at radius 3 is 2.80 bits per heavy atom. The minimum atomic E-state index is -0.376. The van der Waals surface area contributed by atoms with E-state index < -0.39 is 0 Å². The Bertz CT molecular complexity index is 612. The largest absolute Gasteiger partial charge is 0.378 e. The van der Waals surface area contributed by atoms with Crippen LogP contribution in [0.25, 0.3) is 0 Å². The Hall–Kier alpha value is -1.54. The lowest BCUT2D eigenvalue weighted by Crippen LogP contribution is -2.11. The second-order valence-corrected chi connectivity index (χ2v) is 5.68. The van der Waals surface area contributed by atoms with Gasteiger partial charge in [0.1, 0.15) is 5.82 Å². The van der Waals surface area contributed by atoms with Crippen molar-refractivity contribution >= 4 is 17.3 Å². The molecule has 0 radical (unpaired) electrons. The summed E-state index contributed by atoms with van der Waals surface area (Å²) in [4.78, 5) is 0. The van der Waals surface area contributed by atoms with Crippen LogP contribution in [0.2, 0.25) is 5.02 Å². The van der Waals surface area contributed by atoms with Gasteiger partial charge in [-0.25, -0.2) is 4.39 Å². The molecule has 3 rings (SSSR count). The third-order valence-corrected chi connectivity index (χ3v) is 4.17. The third-order valence-electron chi connectivity index (χ3n) is 3.88. The molecular weight excluding hydrogens is 273 g/mol. The van der Waals surface area contributed by atoms with Crippen molar-refractivity contribution in [2.75, 3.05) is 5.32 Å². The van der Waals surface area contributed by atoms with Crippen LogP contribution in [-0.2, 0) is 6.42 Å². The van der Waals surface area contributed by atoms with Crippen molar-refractivity contribution in [3.05, 3.63) is 64.4 Å². The van der Waals surface area contributed by atoms with Crippen molar-refractivity contribution in [2.24, 2.45) is 0 Å². The minimum absolute atomic E-state index is 0.164. The maximum Gasteiger partial charge on any atom is 0.141 e. The molecule has 3 heteroatoms. The van der Waals surface area contributed by atoms with E-state index in [1.807, 2.05) is 0 Å². The first-order chi connectivity index (χ1) is 9.74. The maximum absolute atomic E-state index is 13.2. The van der Waals surface area contributed by atoms with E-state index in [9.17, 15) is 4.39 Å². The molecule has 0 aromatic heterocycles. The van der Waals surface area contributed by atoms with E-state index in [1.165, 1.54) is 30.0 Å². The molecule has 104 valence electrons. The molecule has 2 aromatic rings. The lowest BCUT2D eigenvalue weighted by Gasteiger charge is -2.20. The summed E-state index contributed by atoms with van der Waals surface area (Å²) in [5.74, 6) is -0.376. The number of hydrogen-bond donors (Lipinski definition) is 1. The van der Waals surface area contributed by atoms with Gasteiger partial charge in [-0.1, -0.05) is 42.3 Å². The number of anilines is 1. The zero-order valence-electron chi connectivity index (χ0n) is 11.2. The normalized spacial score (nSPS) is 18.2. The van der Waals surface area contributed by atoms with Crippen LogP contribution >= 0.6 is 11.6 Å². The lowest BCUT2D eigenvalue weighted by molar-refractivity contribution is 0.626. The number of nitrogens with one attached hydrogen (secondary N) is 1. The zero-order valence-corrected chi connectivity index (χ0v) is 12.0. The first-order valence-corrected chi connectivity index (χ1v) is 7.41. The summed E-state index contributed by atoms with van der Waals surface area (Å²) in [6, 6.07) is 13.6. The summed E-state index contributed by atoms with van der Waals surface area (Å²) >= 11 is 5.85. The quantitative estimate of drug-likeness (QED) is 0.734. The van der Waals surface area contributed by atoms with Gasteiger partial charge in [0, 0.05) is 5.69 Å². The SMILES string of the molecule is Fc1ccc(NC2CCCCc3ccccc32)cc1Cl. The van der Waals surface area contributed by atoms with Gasteiger partial charge in [-0.3, -0.25) is 0 Å². The molecule has 0 saturated carbocycles. The van der Waals surface area contributed by atoms with Crippen molar-refractivity contribution < 1.29 is 4.39 Å². The summed E-state index contributed by atoms with van der Waals surface area (Å²) in [5.41, 5.74) is 3.64. The molecule has 1 unspecified atom stereocenters. The van der Waals surface area contributed by atoms with E-state index in [1.54, 1.807) is 12.1 Å². The number of aryl methyl sites for hydroxylation is 1. The van der Waals surface area contributed by atoms with Crippen molar-refractivity contribution in [1.29, 1.82) is 0 Å². The number of fused-ring (bicyclic) bond motifs is 1. The highest BCUT2D eigenvalue weighted by Crippen LogP contribution is 2.32. The second-order valence-electron chi connectivity index (χ2n) is 5.27. The summed E-state index contributed by atoms with van der Waals surface area (Å²) in [6.45, 7) is 0. The highest BCUT2D eigenvalue weighted by atomic mass is 35.5. The highest BCUT2D eigenvalue weighted by Gasteiger charge is 2.18. The van der Waals surface area contributed by atoms with Crippen LogP contribution in [0, 0.1) is 5.82 Å². The zero-order chi connectivity index (χ0) is 13.9. The fraction of sp³-hybridized carbons (Fsp3) is 0.294. The molecule has 2 aromatic carbocycles. The van der Waals surface area contributed by atoms with Gasteiger partial charge in [-0.15, -0.1) is 0 Å². The third kappa shape index (κ3) is 2.80. The van der Waals surface area contributed by atoms with Crippen LogP contribution in [0.15, 0.2) is 42.5 Å². The first kappa shape index (κ1) is 13.4. The summed E-state index contributed by atoms with van der Waals surface area (Å²) in [5, 5.41) is 3.66. The molecule has 0 spiro atoms. The number of halogens is 2. The van der Waals surface area contributed by atoms with Gasteiger partial charge in [0.25, 0.3) is 0 Å². The second kappa shape index (κ2) is 5.84. The molecule has 1 nitrogen and oxygen atoms in total. The van der Waals surface area contributed by atoms with Gasteiger partial charge in [0.2, 0.25) is 0 Å².